The van der Waals surface area contributed by atoms with Crippen molar-refractivity contribution >= 4 is 49.3 Å². The molecule has 0 bridgehead atoms. The number of nitrogens with zero attached hydrogens (tertiary/aromatic N) is 2. The first-order valence-electron chi connectivity index (χ1n) is 11.8. The summed E-state index contributed by atoms with van der Waals surface area (Å²) in [6.07, 6.45) is 3.99. The molecule has 6 rings (SSSR count). The zero-order chi connectivity index (χ0) is 26.8. The molecular formula is C26H21ClFN5O4S. The van der Waals surface area contributed by atoms with Crippen LogP contribution in [0.25, 0.3) is 32.9 Å². The molecule has 0 radical (unpaired) electrons. The number of aromatic amines is 2. The van der Waals surface area contributed by atoms with E-state index in [1.807, 2.05) is 0 Å². The minimum absolute atomic E-state index is 0.00405. The lowest BCUT2D eigenvalue weighted by Gasteiger charge is -2.14. The van der Waals surface area contributed by atoms with E-state index in [1.54, 1.807) is 37.4 Å². The number of amides is 1. The molecule has 3 aromatic heterocycles. The number of sulfonamides is 1. The molecule has 1 aliphatic rings. The highest BCUT2D eigenvalue weighted by atomic mass is 35.5. The lowest BCUT2D eigenvalue weighted by atomic mass is 10.0. The summed E-state index contributed by atoms with van der Waals surface area (Å²) in [4.78, 5) is 29.2. The third-order valence-corrected chi connectivity index (χ3v) is 8.95. The zero-order valence-corrected chi connectivity index (χ0v) is 21.6. The number of pyridine rings is 1. The third kappa shape index (κ3) is 4.07. The number of carbonyl (C=O) groups is 1. The average Bonchev–Trinajstić information content (AvgIpc) is 3.58. The maximum atomic E-state index is 14.9. The summed E-state index contributed by atoms with van der Waals surface area (Å²) in [5.74, 6) is -1.43. The van der Waals surface area contributed by atoms with E-state index in [1.165, 1.54) is 22.9 Å². The van der Waals surface area contributed by atoms with Crippen LogP contribution in [0.4, 0.5) is 4.39 Å². The molecule has 0 saturated heterocycles. The monoisotopic (exact) mass is 553 g/mol. The van der Waals surface area contributed by atoms with Crippen LogP contribution < -0.4 is 10.3 Å². The molecule has 3 heterocycles. The van der Waals surface area contributed by atoms with Crippen molar-refractivity contribution in [3.8, 4) is 11.1 Å². The molecule has 3 N–H and O–H groups in total. The number of hydrogen-bond donors (Lipinski definition) is 3. The maximum Gasteiger partial charge on any atom is 0.282 e. The van der Waals surface area contributed by atoms with E-state index < -0.39 is 32.6 Å². The maximum absolute atomic E-state index is 14.9. The SMILES string of the molecule is Cc1cc2c(-c3ccc[nH]c3=O)c(C(=O)NS(=O)(=O)C3CC3)n(Cc3cc4cn[nH]c4cc3Cl)c2cc1F. The van der Waals surface area contributed by atoms with Gasteiger partial charge >= 0.3 is 0 Å². The fourth-order valence-corrected chi connectivity index (χ4v) is 6.21. The number of hydrogen-bond acceptors (Lipinski definition) is 5. The highest BCUT2D eigenvalue weighted by Crippen LogP contribution is 2.37. The van der Waals surface area contributed by atoms with Crippen LogP contribution in [0.5, 0.6) is 0 Å². The Labute approximate surface area is 220 Å². The number of nitrogens with one attached hydrogen (secondary N) is 3. The molecule has 5 aromatic rings. The highest BCUT2D eigenvalue weighted by molar-refractivity contribution is 7.91. The topological polar surface area (TPSA) is 130 Å². The van der Waals surface area contributed by atoms with Crippen molar-refractivity contribution in [3.05, 3.63) is 86.8 Å². The van der Waals surface area contributed by atoms with E-state index in [-0.39, 0.29) is 23.4 Å². The number of fused-ring (bicyclic) bond motifs is 2. The second kappa shape index (κ2) is 8.81. The average molecular weight is 554 g/mol. The van der Waals surface area contributed by atoms with E-state index in [2.05, 4.69) is 19.9 Å². The predicted octanol–water partition coefficient (Wildman–Crippen LogP) is 4.24. The minimum Gasteiger partial charge on any atom is -0.331 e. The lowest BCUT2D eigenvalue weighted by molar-refractivity contribution is 0.0974. The number of aromatic nitrogens is 4. The molecule has 1 fully saturated rings. The van der Waals surface area contributed by atoms with Crippen molar-refractivity contribution in [2.75, 3.05) is 0 Å². The molecular weight excluding hydrogens is 533 g/mol. The Morgan fingerprint density at radius 3 is 2.79 bits per heavy atom. The van der Waals surface area contributed by atoms with Crippen molar-refractivity contribution < 1.29 is 17.6 Å². The van der Waals surface area contributed by atoms with Crippen LogP contribution in [0.3, 0.4) is 0 Å². The summed E-state index contributed by atoms with van der Waals surface area (Å²) >= 11 is 6.57. The summed E-state index contributed by atoms with van der Waals surface area (Å²) in [7, 11) is -3.93. The number of benzene rings is 2. The van der Waals surface area contributed by atoms with Gasteiger partial charge in [0.25, 0.3) is 11.5 Å². The molecule has 0 atom stereocenters. The largest absolute Gasteiger partial charge is 0.331 e. The van der Waals surface area contributed by atoms with Gasteiger partial charge in [0.2, 0.25) is 10.0 Å². The molecule has 1 saturated carbocycles. The van der Waals surface area contributed by atoms with Gasteiger partial charge in [-0.25, -0.2) is 17.5 Å². The smallest absolute Gasteiger partial charge is 0.282 e. The summed E-state index contributed by atoms with van der Waals surface area (Å²) in [6, 6.07) is 9.44. The number of carbonyl (C=O) groups excluding carboxylic acids is 1. The van der Waals surface area contributed by atoms with Gasteiger partial charge in [-0.05, 0) is 67.3 Å². The van der Waals surface area contributed by atoms with Gasteiger partial charge in [-0.1, -0.05) is 11.6 Å². The Morgan fingerprint density at radius 1 is 1.26 bits per heavy atom. The van der Waals surface area contributed by atoms with Crippen molar-refractivity contribution in [2.24, 2.45) is 0 Å². The van der Waals surface area contributed by atoms with E-state index in [0.29, 0.717) is 45.4 Å². The summed E-state index contributed by atoms with van der Waals surface area (Å²) in [5, 5.41) is 7.77. The molecule has 0 spiro atoms. The first kappa shape index (κ1) is 24.4. The van der Waals surface area contributed by atoms with Gasteiger partial charge in [0.05, 0.1) is 22.5 Å². The predicted molar refractivity (Wildman–Crippen MR) is 142 cm³/mol. The van der Waals surface area contributed by atoms with Crippen LogP contribution >= 0.6 is 11.6 Å². The standard InChI is InChI=1S/C26H21ClFN5O4S/c1-13-7-18-22(10-20(13)28)33(12-15-8-14-11-30-31-21(14)9-19(15)27)24(23(18)17-3-2-6-29-25(17)34)26(35)32-38(36,37)16-4-5-16/h2-3,6-11,16H,4-5,12H2,1H3,(H,29,34)(H,30,31)(H,32,35). The molecule has 1 amide bonds. The first-order chi connectivity index (χ1) is 18.1. The Balaban J connectivity index is 1.65. The number of halogens is 2. The van der Waals surface area contributed by atoms with Crippen LogP contribution in [0.15, 0.2) is 53.6 Å². The van der Waals surface area contributed by atoms with Crippen LogP contribution in [0.2, 0.25) is 5.02 Å². The van der Waals surface area contributed by atoms with Gasteiger partial charge in [-0.2, -0.15) is 5.10 Å². The molecule has 0 aliphatic heterocycles. The van der Waals surface area contributed by atoms with E-state index in [0.717, 1.165) is 5.39 Å². The van der Waals surface area contributed by atoms with E-state index >= 15 is 0 Å². The van der Waals surface area contributed by atoms with Gasteiger partial charge in [0, 0.05) is 39.7 Å². The van der Waals surface area contributed by atoms with E-state index in [4.69, 9.17) is 11.6 Å². The zero-order valence-electron chi connectivity index (χ0n) is 20.0. The fraction of sp³-hybridized carbons (Fsp3) is 0.192. The Morgan fingerprint density at radius 2 is 2.05 bits per heavy atom. The summed E-state index contributed by atoms with van der Waals surface area (Å²) < 4.78 is 44.1. The van der Waals surface area contributed by atoms with E-state index in [9.17, 15) is 22.4 Å². The summed E-state index contributed by atoms with van der Waals surface area (Å²) in [5.41, 5.74) is 1.69. The van der Waals surface area contributed by atoms with Crippen LogP contribution in [0.1, 0.15) is 34.5 Å². The van der Waals surface area contributed by atoms with Crippen molar-refractivity contribution in [1.82, 2.24) is 24.5 Å². The number of aryl methyl sites for hydroxylation is 1. The minimum atomic E-state index is -3.93. The van der Waals surface area contributed by atoms with Crippen LogP contribution in [-0.4, -0.2) is 39.3 Å². The molecule has 1 aliphatic carbocycles. The molecule has 2 aromatic carbocycles. The third-order valence-electron chi connectivity index (χ3n) is 6.78. The molecule has 38 heavy (non-hydrogen) atoms. The number of rotatable bonds is 6. The molecule has 194 valence electrons. The van der Waals surface area contributed by atoms with Gasteiger partial charge in [0.15, 0.2) is 0 Å². The van der Waals surface area contributed by atoms with Crippen molar-refractivity contribution in [3.63, 3.8) is 0 Å². The Hall–Kier alpha value is -3.96. The first-order valence-corrected chi connectivity index (χ1v) is 13.7. The quantitative estimate of drug-likeness (QED) is 0.289. The number of H-pyrrole nitrogens is 2. The molecule has 0 unspecified atom stereocenters. The normalized spacial score (nSPS) is 13.9. The highest BCUT2D eigenvalue weighted by Gasteiger charge is 2.38. The molecule has 12 heteroatoms. The van der Waals surface area contributed by atoms with Crippen LogP contribution in [-0.2, 0) is 16.6 Å². The Kier molecular flexibility index (Phi) is 5.65. The second-order valence-corrected chi connectivity index (χ2v) is 11.8. The van der Waals surface area contributed by atoms with Gasteiger partial charge < -0.3 is 9.55 Å². The van der Waals surface area contributed by atoms with Gasteiger partial charge in [-0.15, -0.1) is 0 Å². The van der Waals surface area contributed by atoms with Crippen molar-refractivity contribution in [2.45, 2.75) is 31.6 Å². The van der Waals surface area contributed by atoms with Crippen molar-refractivity contribution in [1.29, 1.82) is 0 Å². The summed E-state index contributed by atoms with van der Waals surface area (Å²) in [6.45, 7) is 1.57. The fourth-order valence-electron chi connectivity index (χ4n) is 4.71. The second-order valence-electron chi connectivity index (χ2n) is 9.42. The molecule has 9 nitrogen and oxygen atoms in total. The Bertz CT molecular complexity index is 1940. The lowest BCUT2D eigenvalue weighted by Crippen LogP contribution is -2.35. The van der Waals surface area contributed by atoms with Gasteiger partial charge in [-0.3, -0.25) is 14.7 Å². The van der Waals surface area contributed by atoms with Crippen LogP contribution in [0, 0.1) is 12.7 Å². The van der Waals surface area contributed by atoms with Gasteiger partial charge in [0.1, 0.15) is 11.5 Å².